The smallest absolute Gasteiger partial charge is 0.248 e. The van der Waals surface area contributed by atoms with E-state index in [1.165, 1.54) is 0 Å². The monoisotopic (exact) mass is 296 g/mol. The number of fused-ring (bicyclic) bond motifs is 1. The van der Waals surface area contributed by atoms with Crippen molar-refractivity contribution in [2.75, 3.05) is 24.3 Å². The molecule has 0 aliphatic rings. The third-order valence-electron chi connectivity index (χ3n) is 3.24. The van der Waals surface area contributed by atoms with Gasteiger partial charge in [-0.1, -0.05) is 0 Å². The van der Waals surface area contributed by atoms with E-state index in [4.69, 9.17) is 5.73 Å². The number of aromatic amines is 1. The van der Waals surface area contributed by atoms with Gasteiger partial charge in [-0.15, -0.1) is 0 Å². The van der Waals surface area contributed by atoms with E-state index >= 15 is 0 Å². The Labute approximate surface area is 127 Å². The zero-order valence-electron chi connectivity index (χ0n) is 12.3. The van der Waals surface area contributed by atoms with Crippen molar-refractivity contribution < 1.29 is 4.79 Å². The summed E-state index contributed by atoms with van der Waals surface area (Å²) in [5, 5.41) is 4.08. The van der Waals surface area contributed by atoms with E-state index in [0.717, 1.165) is 22.5 Å². The number of hydrogen-bond acceptors (Lipinski definition) is 5. The zero-order chi connectivity index (χ0) is 15.7. The summed E-state index contributed by atoms with van der Waals surface area (Å²) in [6.07, 6.45) is 1.83. The van der Waals surface area contributed by atoms with Gasteiger partial charge in [-0.2, -0.15) is 9.97 Å². The van der Waals surface area contributed by atoms with Crippen molar-refractivity contribution in [3.8, 4) is 0 Å². The summed E-state index contributed by atoms with van der Waals surface area (Å²) in [4.78, 5) is 25.0. The van der Waals surface area contributed by atoms with Crippen LogP contribution in [0.3, 0.4) is 0 Å². The van der Waals surface area contributed by atoms with Crippen LogP contribution in [0, 0.1) is 0 Å². The van der Waals surface area contributed by atoms with Gasteiger partial charge in [0.2, 0.25) is 11.9 Å². The average Bonchev–Trinajstić information content (AvgIpc) is 2.95. The highest BCUT2D eigenvalue weighted by molar-refractivity contribution is 5.93. The van der Waals surface area contributed by atoms with Crippen LogP contribution < -0.4 is 16.0 Å². The minimum Gasteiger partial charge on any atom is -0.366 e. The zero-order valence-corrected chi connectivity index (χ0v) is 12.3. The molecule has 3 rings (SSSR count). The van der Waals surface area contributed by atoms with Gasteiger partial charge in [0.1, 0.15) is 11.5 Å². The minimum absolute atomic E-state index is 0.453. The number of carbonyl (C=O) groups is 1. The first kappa shape index (κ1) is 13.9. The van der Waals surface area contributed by atoms with Gasteiger partial charge in [0.15, 0.2) is 0 Å². The van der Waals surface area contributed by atoms with Crippen LogP contribution >= 0.6 is 0 Å². The first-order chi connectivity index (χ1) is 10.5. The Morgan fingerprint density at radius 1 is 1.18 bits per heavy atom. The minimum atomic E-state index is -0.453. The average molecular weight is 296 g/mol. The number of benzene rings is 1. The summed E-state index contributed by atoms with van der Waals surface area (Å²) < 4.78 is 0. The Hall–Kier alpha value is -3.09. The van der Waals surface area contributed by atoms with E-state index in [0.29, 0.717) is 11.5 Å². The number of H-pyrrole nitrogens is 1. The molecule has 7 nitrogen and oxygen atoms in total. The molecule has 2 aromatic heterocycles. The van der Waals surface area contributed by atoms with Crippen LogP contribution in [0.5, 0.6) is 0 Å². The van der Waals surface area contributed by atoms with E-state index in [9.17, 15) is 4.79 Å². The Balaban J connectivity index is 1.94. The van der Waals surface area contributed by atoms with Crippen LogP contribution in [0.15, 0.2) is 36.5 Å². The topological polar surface area (TPSA) is 99.9 Å². The lowest BCUT2D eigenvalue weighted by atomic mass is 10.2. The highest BCUT2D eigenvalue weighted by Gasteiger charge is 2.10. The Bertz CT molecular complexity index is 822. The van der Waals surface area contributed by atoms with E-state index in [-0.39, 0.29) is 0 Å². The van der Waals surface area contributed by atoms with Gasteiger partial charge >= 0.3 is 0 Å². The summed E-state index contributed by atoms with van der Waals surface area (Å²) in [7, 11) is 3.86. The SMILES string of the molecule is CN(C)c1nc(Nc2ccc(C(N)=O)cc2)nc2[nH]ccc12. The highest BCUT2D eigenvalue weighted by atomic mass is 16.1. The number of rotatable bonds is 4. The van der Waals surface area contributed by atoms with Crippen molar-refractivity contribution in [2.24, 2.45) is 5.73 Å². The molecule has 7 heteroatoms. The quantitative estimate of drug-likeness (QED) is 0.682. The van der Waals surface area contributed by atoms with Gasteiger partial charge < -0.3 is 20.9 Å². The molecule has 1 aromatic carbocycles. The molecule has 4 N–H and O–H groups in total. The van der Waals surface area contributed by atoms with Gasteiger partial charge in [0, 0.05) is 31.5 Å². The number of anilines is 3. The molecule has 0 bridgehead atoms. The molecular weight excluding hydrogens is 280 g/mol. The van der Waals surface area contributed by atoms with E-state index in [1.807, 2.05) is 31.3 Å². The Kier molecular flexibility index (Phi) is 3.38. The molecular formula is C15H16N6O. The molecule has 0 fully saturated rings. The summed E-state index contributed by atoms with van der Waals surface area (Å²) in [5.74, 6) is 0.846. The molecule has 0 unspecified atom stereocenters. The third-order valence-corrected chi connectivity index (χ3v) is 3.24. The van der Waals surface area contributed by atoms with Gasteiger partial charge in [0.05, 0.1) is 5.39 Å². The number of nitrogens with one attached hydrogen (secondary N) is 2. The second kappa shape index (κ2) is 5.36. The highest BCUT2D eigenvalue weighted by Crippen LogP contribution is 2.24. The molecule has 1 amide bonds. The Morgan fingerprint density at radius 3 is 2.55 bits per heavy atom. The maximum absolute atomic E-state index is 11.1. The predicted molar refractivity (Wildman–Crippen MR) is 86.5 cm³/mol. The van der Waals surface area contributed by atoms with Crippen molar-refractivity contribution in [3.05, 3.63) is 42.1 Å². The van der Waals surface area contributed by atoms with Crippen LogP contribution in [0.1, 0.15) is 10.4 Å². The van der Waals surface area contributed by atoms with Crippen LogP contribution in [0.4, 0.5) is 17.5 Å². The molecule has 3 aromatic rings. The van der Waals surface area contributed by atoms with Gasteiger partial charge in [0.25, 0.3) is 0 Å². The summed E-state index contributed by atoms with van der Waals surface area (Å²) in [5.41, 5.74) is 7.22. The van der Waals surface area contributed by atoms with Gasteiger partial charge in [-0.25, -0.2) is 0 Å². The summed E-state index contributed by atoms with van der Waals surface area (Å²) in [6.45, 7) is 0. The fraction of sp³-hybridized carbons (Fsp3) is 0.133. The number of nitrogens with zero attached hydrogens (tertiary/aromatic N) is 3. The number of amides is 1. The van der Waals surface area contributed by atoms with Crippen LogP contribution in [-0.2, 0) is 0 Å². The first-order valence-corrected chi connectivity index (χ1v) is 6.74. The standard InChI is InChI=1S/C15H16N6O/c1-21(2)14-11-7-8-17-13(11)19-15(20-14)18-10-5-3-9(4-6-10)12(16)22/h3-8H,1-2H3,(H2,16,22)(H2,17,18,19,20). The number of hydrogen-bond donors (Lipinski definition) is 3. The van der Waals surface area contributed by atoms with E-state index in [2.05, 4.69) is 20.3 Å². The lowest BCUT2D eigenvalue weighted by molar-refractivity contribution is 0.100. The number of nitrogens with two attached hydrogens (primary N) is 1. The summed E-state index contributed by atoms with van der Waals surface area (Å²) >= 11 is 0. The molecule has 0 aliphatic heterocycles. The fourth-order valence-corrected chi connectivity index (χ4v) is 2.17. The lowest BCUT2D eigenvalue weighted by Gasteiger charge is -2.14. The largest absolute Gasteiger partial charge is 0.366 e. The molecule has 112 valence electrons. The fourth-order valence-electron chi connectivity index (χ4n) is 2.17. The third kappa shape index (κ3) is 2.56. The van der Waals surface area contributed by atoms with Crippen LogP contribution in [0.2, 0.25) is 0 Å². The first-order valence-electron chi connectivity index (χ1n) is 6.74. The molecule has 0 atom stereocenters. The maximum atomic E-state index is 11.1. The normalized spacial score (nSPS) is 10.6. The van der Waals surface area contributed by atoms with Crippen molar-refractivity contribution in [1.29, 1.82) is 0 Å². The molecule has 0 aliphatic carbocycles. The molecule has 0 saturated carbocycles. The van der Waals surface area contributed by atoms with Crippen molar-refractivity contribution in [3.63, 3.8) is 0 Å². The van der Waals surface area contributed by atoms with Crippen LogP contribution in [-0.4, -0.2) is 35.0 Å². The van der Waals surface area contributed by atoms with Gasteiger partial charge in [-0.3, -0.25) is 4.79 Å². The van der Waals surface area contributed by atoms with Crippen molar-refractivity contribution in [2.45, 2.75) is 0 Å². The number of aromatic nitrogens is 3. The van der Waals surface area contributed by atoms with E-state index in [1.54, 1.807) is 24.3 Å². The maximum Gasteiger partial charge on any atom is 0.248 e. The number of carbonyl (C=O) groups excluding carboxylic acids is 1. The lowest BCUT2D eigenvalue weighted by Crippen LogP contribution is -2.13. The Morgan fingerprint density at radius 2 is 1.91 bits per heavy atom. The molecule has 0 spiro atoms. The van der Waals surface area contributed by atoms with Crippen LogP contribution in [0.25, 0.3) is 11.0 Å². The van der Waals surface area contributed by atoms with E-state index < -0.39 is 5.91 Å². The second-order valence-corrected chi connectivity index (χ2v) is 5.07. The second-order valence-electron chi connectivity index (χ2n) is 5.07. The number of primary amides is 1. The van der Waals surface area contributed by atoms with Crippen molar-refractivity contribution in [1.82, 2.24) is 15.0 Å². The van der Waals surface area contributed by atoms with Crippen molar-refractivity contribution >= 4 is 34.4 Å². The molecule has 0 saturated heterocycles. The molecule has 2 heterocycles. The molecule has 22 heavy (non-hydrogen) atoms. The summed E-state index contributed by atoms with van der Waals surface area (Å²) in [6, 6.07) is 8.78. The predicted octanol–water partition coefficient (Wildman–Crippen LogP) is 1.87. The van der Waals surface area contributed by atoms with Gasteiger partial charge in [-0.05, 0) is 30.3 Å². The molecule has 0 radical (unpaired) electrons.